The predicted molar refractivity (Wildman–Crippen MR) is 86.4 cm³/mol. The van der Waals surface area contributed by atoms with Gasteiger partial charge in [-0.3, -0.25) is 14.8 Å². The van der Waals surface area contributed by atoms with Crippen LogP contribution < -0.4 is 5.32 Å². The van der Waals surface area contributed by atoms with E-state index in [1.54, 1.807) is 28.0 Å². The van der Waals surface area contributed by atoms with Gasteiger partial charge in [-0.1, -0.05) is 6.07 Å². The van der Waals surface area contributed by atoms with E-state index >= 15 is 0 Å². The number of hydrogen-bond acceptors (Lipinski definition) is 5. The van der Waals surface area contributed by atoms with Crippen molar-refractivity contribution in [2.45, 2.75) is 19.4 Å². The van der Waals surface area contributed by atoms with Crippen molar-refractivity contribution in [2.24, 2.45) is 5.92 Å². The van der Waals surface area contributed by atoms with E-state index in [0.717, 1.165) is 19.4 Å². The highest BCUT2D eigenvalue weighted by atomic mass is 16.6. The summed E-state index contributed by atoms with van der Waals surface area (Å²) in [5.74, 6) is 0.316. The van der Waals surface area contributed by atoms with E-state index in [4.69, 9.17) is 0 Å². The first-order chi connectivity index (χ1) is 11.6. The van der Waals surface area contributed by atoms with Crippen LogP contribution in [0.4, 0.5) is 16.2 Å². The largest absolute Gasteiger partial charge is 0.324 e. The van der Waals surface area contributed by atoms with Gasteiger partial charge in [0.1, 0.15) is 12.7 Å². The van der Waals surface area contributed by atoms with Gasteiger partial charge in [0.15, 0.2) is 0 Å². The molecule has 9 heteroatoms. The smallest absolute Gasteiger partial charge is 0.321 e. The van der Waals surface area contributed by atoms with Crippen LogP contribution in [0.1, 0.15) is 12.8 Å². The average Bonchev–Trinajstić information content (AvgIpc) is 3.08. The van der Waals surface area contributed by atoms with Gasteiger partial charge in [0.2, 0.25) is 0 Å². The molecule has 9 nitrogen and oxygen atoms in total. The lowest BCUT2D eigenvalue weighted by Crippen LogP contribution is -2.43. The van der Waals surface area contributed by atoms with Crippen LogP contribution in [0, 0.1) is 16.0 Å². The predicted octanol–water partition coefficient (Wildman–Crippen LogP) is 2.13. The van der Waals surface area contributed by atoms with Crippen molar-refractivity contribution in [1.82, 2.24) is 19.7 Å². The molecule has 0 aliphatic carbocycles. The van der Waals surface area contributed by atoms with Crippen LogP contribution in [0.15, 0.2) is 36.9 Å². The molecule has 0 saturated carbocycles. The maximum absolute atomic E-state index is 12.4. The first-order valence-corrected chi connectivity index (χ1v) is 7.74. The number of nitrogens with one attached hydrogen (secondary N) is 1. The number of carbonyl (C=O) groups is 1. The molecule has 3 rings (SSSR count). The van der Waals surface area contributed by atoms with E-state index in [1.165, 1.54) is 18.5 Å². The van der Waals surface area contributed by atoms with Crippen molar-refractivity contribution >= 4 is 17.4 Å². The van der Waals surface area contributed by atoms with Crippen LogP contribution in [-0.2, 0) is 6.54 Å². The lowest BCUT2D eigenvalue weighted by molar-refractivity contribution is -0.384. The van der Waals surface area contributed by atoms with Gasteiger partial charge in [-0.15, -0.1) is 0 Å². The summed E-state index contributed by atoms with van der Waals surface area (Å²) in [5.41, 5.74) is 0.378. The van der Waals surface area contributed by atoms with Crippen LogP contribution in [-0.4, -0.2) is 43.7 Å². The Morgan fingerprint density at radius 2 is 2.33 bits per heavy atom. The number of piperidine rings is 1. The van der Waals surface area contributed by atoms with E-state index < -0.39 is 4.92 Å². The number of anilines is 1. The molecule has 1 aromatic heterocycles. The second-order valence-electron chi connectivity index (χ2n) is 5.81. The minimum absolute atomic E-state index is 0.0458. The molecule has 0 spiro atoms. The Morgan fingerprint density at radius 1 is 1.46 bits per heavy atom. The monoisotopic (exact) mass is 330 g/mol. The van der Waals surface area contributed by atoms with Gasteiger partial charge in [0, 0.05) is 37.5 Å². The number of aromatic nitrogens is 3. The molecule has 1 saturated heterocycles. The summed E-state index contributed by atoms with van der Waals surface area (Å²) in [6.07, 6.45) is 5.11. The molecule has 1 N–H and O–H groups in total. The minimum atomic E-state index is -0.481. The van der Waals surface area contributed by atoms with Crippen molar-refractivity contribution in [3.8, 4) is 0 Å². The number of urea groups is 1. The molecule has 24 heavy (non-hydrogen) atoms. The number of non-ortho nitro benzene ring substituents is 1. The summed E-state index contributed by atoms with van der Waals surface area (Å²) in [6.45, 7) is 2.02. The van der Waals surface area contributed by atoms with Gasteiger partial charge in [-0.2, -0.15) is 5.10 Å². The fourth-order valence-corrected chi connectivity index (χ4v) is 2.89. The number of carbonyl (C=O) groups excluding carboxylic acids is 1. The molecular formula is C15H18N6O3. The number of rotatable bonds is 4. The van der Waals surface area contributed by atoms with E-state index in [9.17, 15) is 14.9 Å². The molecule has 2 heterocycles. The Labute approximate surface area is 138 Å². The number of nitro groups is 1. The molecule has 1 atom stereocenters. The third-order valence-electron chi connectivity index (χ3n) is 4.03. The SMILES string of the molecule is O=C(Nc1cccc([N+](=O)[O-])c1)N1CCCC(Cn2cncn2)C1. The lowest BCUT2D eigenvalue weighted by Gasteiger charge is -2.32. The Morgan fingerprint density at radius 3 is 3.08 bits per heavy atom. The highest BCUT2D eigenvalue weighted by molar-refractivity contribution is 5.89. The molecular weight excluding hydrogens is 312 g/mol. The van der Waals surface area contributed by atoms with E-state index in [0.29, 0.717) is 24.7 Å². The number of benzene rings is 1. The number of hydrogen-bond donors (Lipinski definition) is 1. The van der Waals surface area contributed by atoms with Crippen molar-refractivity contribution in [2.75, 3.05) is 18.4 Å². The second-order valence-corrected chi connectivity index (χ2v) is 5.81. The van der Waals surface area contributed by atoms with E-state index in [-0.39, 0.29) is 11.7 Å². The first kappa shape index (κ1) is 15.9. The molecule has 0 bridgehead atoms. The normalized spacial score (nSPS) is 17.5. The number of likely N-dealkylation sites (tertiary alicyclic amines) is 1. The molecule has 0 radical (unpaired) electrons. The van der Waals surface area contributed by atoms with Gasteiger partial charge in [0.25, 0.3) is 5.69 Å². The van der Waals surface area contributed by atoms with Crippen LogP contribution in [0.5, 0.6) is 0 Å². The van der Waals surface area contributed by atoms with Crippen molar-refractivity contribution in [3.05, 3.63) is 47.0 Å². The fourth-order valence-electron chi connectivity index (χ4n) is 2.89. The molecule has 1 unspecified atom stereocenters. The van der Waals surface area contributed by atoms with Gasteiger partial charge in [0.05, 0.1) is 4.92 Å². The second kappa shape index (κ2) is 7.07. The lowest BCUT2D eigenvalue weighted by atomic mass is 9.98. The Hall–Kier alpha value is -2.97. The van der Waals surface area contributed by atoms with Gasteiger partial charge >= 0.3 is 6.03 Å². The Balaban J connectivity index is 1.60. The maximum Gasteiger partial charge on any atom is 0.321 e. The number of amides is 2. The quantitative estimate of drug-likeness (QED) is 0.683. The third-order valence-corrected chi connectivity index (χ3v) is 4.03. The topological polar surface area (TPSA) is 106 Å². The standard InChI is InChI=1S/C15H18N6O3/c22-15(18-13-4-1-5-14(7-13)21(23)24)19-6-2-3-12(8-19)9-20-11-16-10-17-20/h1,4-5,7,10-12H,2-3,6,8-9H2,(H,18,22). The number of nitro benzene ring substituents is 1. The molecule has 2 amide bonds. The van der Waals surface area contributed by atoms with E-state index in [1.807, 2.05) is 0 Å². The summed E-state index contributed by atoms with van der Waals surface area (Å²) >= 11 is 0. The maximum atomic E-state index is 12.4. The third kappa shape index (κ3) is 3.86. The molecule has 1 aliphatic rings. The molecule has 2 aromatic rings. The zero-order chi connectivity index (χ0) is 16.9. The van der Waals surface area contributed by atoms with Crippen LogP contribution in [0.25, 0.3) is 0 Å². The minimum Gasteiger partial charge on any atom is -0.324 e. The highest BCUT2D eigenvalue weighted by Crippen LogP contribution is 2.21. The average molecular weight is 330 g/mol. The van der Waals surface area contributed by atoms with E-state index in [2.05, 4.69) is 15.4 Å². The molecule has 1 aromatic carbocycles. The zero-order valence-corrected chi connectivity index (χ0v) is 13.0. The summed E-state index contributed by atoms with van der Waals surface area (Å²) in [7, 11) is 0. The summed E-state index contributed by atoms with van der Waals surface area (Å²) in [6, 6.07) is 5.71. The zero-order valence-electron chi connectivity index (χ0n) is 13.0. The van der Waals surface area contributed by atoms with Crippen LogP contribution >= 0.6 is 0 Å². The first-order valence-electron chi connectivity index (χ1n) is 7.74. The molecule has 1 aliphatic heterocycles. The van der Waals surface area contributed by atoms with Crippen molar-refractivity contribution in [1.29, 1.82) is 0 Å². The highest BCUT2D eigenvalue weighted by Gasteiger charge is 2.24. The fraction of sp³-hybridized carbons (Fsp3) is 0.400. The molecule has 126 valence electrons. The van der Waals surface area contributed by atoms with Crippen LogP contribution in [0.3, 0.4) is 0 Å². The summed E-state index contributed by atoms with van der Waals surface area (Å²) in [5, 5.41) is 17.6. The summed E-state index contributed by atoms with van der Waals surface area (Å²) < 4.78 is 1.77. The van der Waals surface area contributed by atoms with Gasteiger partial charge in [-0.25, -0.2) is 9.78 Å². The van der Waals surface area contributed by atoms with Crippen molar-refractivity contribution in [3.63, 3.8) is 0 Å². The summed E-state index contributed by atoms with van der Waals surface area (Å²) in [4.78, 5) is 28.4. The number of nitrogens with zero attached hydrogens (tertiary/aromatic N) is 5. The van der Waals surface area contributed by atoms with Gasteiger partial charge in [-0.05, 0) is 24.8 Å². The Bertz CT molecular complexity index is 718. The van der Waals surface area contributed by atoms with Gasteiger partial charge < -0.3 is 10.2 Å². The molecule has 1 fully saturated rings. The Kier molecular flexibility index (Phi) is 4.69. The van der Waals surface area contributed by atoms with Crippen LogP contribution in [0.2, 0.25) is 0 Å². The van der Waals surface area contributed by atoms with Crippen molar-refractivity contribution < 1.29 is 9.72 Å².